The van der Waals surface area contributed by atoms with Gasteiger partial charge in [-0.2, -0.15) is 5.10 Å². The third kappa shape index (κ3) is 3.49. The molecule has 2 aromatic heterocycles. The molecule has 0 radical (unpaired) electrons. The summed E-state index contributed by atoms with van der Waals surface area (Å²) >= 11 is 0. The molecule has 3 aromatic rings. The molecular weight excluding hydrogens is 304 g/mol. The van der Waals surface area contributed by atoms with Crippen molar-refractivity contribution in [2.24, 2.45) is 0 Å². The van der Waals surface area contributed by atoms with Crippen LogP contribution in [0.2, 0.25) is 0 Å². The lowest BCUT2D eigenvalue weighted by molar-refractivity contribution is 0.0931. The summed E-state index contributed by atoms with van der Waals surface area (Å²) in [6.45, 7) is 0.899. The van der Waals surface area contributed by atoms with Gasteiger partial charge in [-0.15, -0.1) is 0 Å². The van der Waals surface area contributed by atoms with Crippen LogP contribution in [0, 0.1) is 0 Å². The number of nitrogens with zero attached hydrogens (tertiary/aromatic N) is 3. The van der Waals surface area contributed by atoms with Crippen molar-refractivity contribution in [3.05, 3.63) is 66.6 Å². The van der Waals surface area contributed by atoms with Crippen molar-refractivity contribution in [3.8, 4) is 16.9 Å². The molecule has 0 aliphatic rings. The smallest absolute Gasteiger partial charge is 0.271 e. The Balaban J connectivity index is 1.99. The number of methoxy groups -OCH3 is 1. The van der Waals surface area contributed by atoms with Crippen LogP contribution in [0.4, 0.5) is 0 Å². The van der Waals surface area contributed by atoms with Crippen LogP contribution in [0.25, 0.3) is 16.9 Å². The van der Waals surface area contributed by atoms with Crippen molar-refractivity contribution in [3.63, 3.8) is 0 Å². The Kier molecular flexibility index (Phi) is 4.98. The minimum Gasteiger partial charge on any atom is -0.383 e. The Morgan fingerprint density at radius 3 is 2.75 bits per heavy atom. The molecule has 6 heteroatoms. The van der Waals surface area contributed by atoms with Gasteiger partial charge in [0.05, 0.1) is 18.0 Å². The fourth-order valence-corrected chi connectivity index (χ4v) is 2.34. The standard InChI is InChI=1S/C18H18N4O2/c1-24-11-10-20-18(23)16-12-17(14-6-5-9-19-13-14)22(21-16)15-7-3-2-4-8-15/h2-9,12-13H,10-11H2,1H3,(H,20,23). The van der Waals surface area contributed by atoms with E-state index in [4.69, 9.17) is 4.74 Å². The summed E-state index contributed by atoms with van der Waals surface area (Å²) in [6.07, 6.45) is 3.47. The van der Waals surface area contributed by atoms with Crippen LogP contribution in [0.3, 0.4) is 0 Å². The number of benzene rings is 1. The van der Waals surface area contributed by atoms with Crippen LogP contribution in [-0.4, -0.2) is 40.9 Å². The second kappa shape index (κ2) is 7.52. The molecule has 1 N–H and O–H groups in total. The molecule has 6 nitrogen and oxygen atoms in total. The summed E-state index contributed by atoms with van der Waals surface area (Å²) in [6, 6.07) is 15.3. The largest absolute Gasteiger partial charge is 0.383 e. The average molecular weight is 322 g/mol. The molecule has 1 aromatic carbocycles. The average Bonchev–Trinajstić information content (AvgIpc) is 3.09. The second-order valence-electron chi connectivity index (χ2n) is 5.15. The fourth-order valence-electron chi connectivity index (χ4n) is 2.34. The lowest BCUT2D eigenvalue weighted by Gasteiger charge is -2.06. The van der Waals surface area contributed by atoms with Crippen LogP contribution >= 0.6 is 0 Å². The maximum absolute atomic E-state index is 12.3. The first-order valence-corrected chi connectivity index (χ1v) is 7.62. The van der Waals surface area contributed by atoms with E-state index >= 15 is 0 Å². The van der Waals surface area contributed by atoms with E-state index in [2.05, 4.69) is 15.4 Å². The van der Waals surface area contributed by atoms with Gasteiger partial charge in [0.2, 0.25) is 0 Å². The van der Waals surface area contributed by atoms with E-state index in [1.165, 1.54) is 0 Å². The van der Waals surface area contributed by atoms with Crippen LogP contribution in [0.15, 0.2) is 60.9 Å². The van der Waals surface area contributed by atoms with Gasteiger partial charge < -0.3 is 10.1 Å². The highest BCUT2D eigenvalue weighted by Crippen LogP contribution is 2.23. The molecule has 0 atom stereocenters. The van der Waals surface area contributed by atoms with E-state index in [0.717, 1.165) is 16.9 Å². The lowest BCUT2D eigenvalue weighted by Crippen LogP contribution is -2.27. The van der Waals surface area contributed by atoms with Gasteiger partial charge in [0.1, 0.15) is 0 Å². The minimum absolute atomic E-state index is 0.230. The van der Waals surface area contributed by atoms with Gasteiger partial charge in [0, 0.05) is 31.6 Å². The third-order valence-electron chi connectivity index (χ3n) is 3.49. The number of para-hydroxylation sites is 1. The Labute approximate surface area is 140 Å². The summed E-state index contributed by atoms with van der Waals surface area (Å²) in [4.78, 5) is 16.4. The summed E-state index contributed by atoms with van der Waals surface area (Å²) < 4.78 is 6.70. The van der Waals surface area contributed by atoms with Gasteiger partial charge >= 0.3 is 0 Å². The van der Waals surface area contributed by atoms with E-state index in [9.17, 15) is 4.79 Å². The Bertz CT molecular complexity index is 743. The van der Waals surface area contributed by atoms with Crippen molar-refractivity contribution >= 4 is 5.91 Å². The summed E-state index contributed by atoms with van der Waals surface area (Å²) in [5, 5.41) is 7.26. The van der Waals surface area contributed by atoms with Gasteiger partial charge in [0.15, 0.2) is 5.69 Å². The maximum Gasteiger partial charge on any atom is 0.271 e. The molecule has 0 aliphatic heterocycles. The normalized spacial score (nSPS) is 10.5. The number of aromatic nitrogens is 3. The molecule has 3 rings (SSSR count). The number of pyridine rings is 1. The van der Waals surface area contributed by atoms with Crippen molar-refractivity contribution in [1.29, 1.82) is 0 Å². The first kappa shape index (κ1) is 15.9. The first-order valence-electron chi connectivity index (χ1n) is 7.62. The monoisotopic (exact) mass is 322 g/mol. The first-order chi connectivity index (χ1) is 11.8. The van der Waals surface area contributed by atoms with E-state index < -0.39 is 0 Å². The maximum atomic E-state index is 12.3. The summed E-state index contributed by atoms with van der Waals surface area (Å²) in [5.74, 6) is -0.230. The molecule has 0 spiro atoms. The molecule has 0 saturated heterocycles. The number of amides is 1. The molecule has 0 saturated carbocycles. The molecule has 122 valence electrons. The second-order valence-corrected chi connectivity index (χ2v) is 5.15. The lowest BCUT2D eigenvalue weighted by atomic mass is 10.2. The molecular formula is C18H18N4O2. The molecule has 1 amide bonds. The van der Waals surface area contributed by atoms with E-state index in [0.29, 0.717) is 18.8 Å². The molecule has 0 fully saturated rings. The molecule has 2 heterocycles. The third-order valence-corrected chi connectivity index (χ3v) is 3.49. The Morgan fingerprint density at radius 1 is 1.21 bits per heavy atom. The van der Waals surface area contributed by atoms with Crippen molar-refractivity contribution in [2.75, 3.05) is 20.3 Å². The topological polar surface area (TPSA) is 69.0 Å². The summed E-state index contributed by atoms with van der Waals surface area (Å²) in [5.41, 5.74) is 2.94. The number of carbonyl (C=O) groups is 1. The minimum atomic E-state index is -0.230. The Hall–Kier alpha value is -2.99. The number of ether oxygens (including phenoxy) is 1. The zero-order valence-electron chi connectivity index (χ0n) is 13.3. The van der Waals surface area contributed by atoms with Crippen LogP contribution in [0.1, 0.15) is 10.5 Å². The van der Waals surface area contributed by atoms with Gasteiger partial charge in [-0.05, 0) is 30.3 Å². The molecule has 24 heavy (non-hydrogen) atoms. The van der Waals surface area contributed by atoms with Crippen LogP contribution in [-0.2, 0) is 4.74 Å². The molecule has 0 unspecified atom stereocenters. The highest BCUT2D eigenvalue weighted by atomic mass is 16.5. The predicted octanol–water partition coefficient (Wildman–Crippen LogP) is 2.31. The number of hydrogen-bond donors (Lipinski definition) is 1. The van der Waals surface area contributed by atoms with E-state index in [1.807, 2.05) is 42.5 Å². The van der Waals surface area contributed by atoms with Crippen LogP contribution in [0.5, 0.6) is 0 Å². The molecule has 0 aliphatic carbocycles. The van der Waals surface area contributed by atoms with Gasteiger partial charge in [0.25, 0.3) is 5.91 Å². The van der Waals surface area contributed by atoms with Crippen LogP contribution < -0.4 is 5.32 Å². The SMILES string of the molecule is COCCNC(=O)c1cc(-c2cccnc2)n(-c2ccccc2)n1. The van der Waals surface area contributed by atoms with Gasteiger partial charge in [-0.3, -0.25) is 9.78 Å². The molecule has 0 bridgehead atoms. The Morgan fingerprint density at radius 2 is 2.04 bits per heavy atom. The zero-order valence-corrected chi connectivity index (χ0v) is 13.3. The number of rotatable bonds is 6. The zero-order chi connectivity index (χ0) is 16.8. The number of hydrogen-bond acceptors (Lipinski definition) is 4. The fraction of sp³-hybridized carbons (Fsp3) is 0.167. The number of carbonyl (C=O) groups excluding carboxylic acids is 1. The quantitative estimate of drug-likeness (QED) is 0.707. The van der Waals surface area contributed by atoms with E-state index in [1.54, 1.807) is 30.3 Å². The van der Waals surface area contributed by atoms with E-state index in [-0.39, 0.29) is 5.91 Å². The predicted molar refractivity (Wildman–Crippen MR) is 91.0 cm³/mol. The highest BCUT2D eigenvalue weighted by molar-refractivity contribution is 5.93. The number of nitrogens with one attached hydrogen (secondary N) is 1. The van der Waals surface area contributed by atoms with Crippen molar-refractivity contribution in [1.82, 2.24) is 20.1 Å². The summed E-state index contributed by atoms with van der Waals surface area (Å²) in [7, 11) is 1.59. The highest BCUT2D eigenvalue weighted by Gasteiger charge is 2.16. The van der Waals surface area contributed by atoms with Gasteiger partial charge in [-0.1, -0.05) is 18.2 Å². The van der Waals surface area contributed by atoms with Gasteiger partial charge in [-0.25, -0.2) is 4.68 Å². The van der Waals surface area contributed by atoms with Crippen molar-refractivity contribution in [2.45, 2.75) is 0 Å². The van der Waals surface area contributed by atoms with Crippen molar-refractivity contribution < 1.29 is 9.53 Å².